The summed E-state index contributed by atoms with van der Waals surface area (Å²) in [6, 6.07) is 60.2. The van der Waals surface area contributed by atoms with Gasteiger partial charge in [0.2, 0.25) is 0 Å². The van der Waals surface area contributed by atoms with E-state index >= 15 is 0 Å². The molecule has 0 aromatic heterocycles. The molecule has 0 radical (unpaired) electrons. The molecule has 47 heavy (non-hydrogen) atoms. The fourth-order valence-electron chi connectivity index (χ4n) is 5.50. The third kappa shape index (κ3) is 7.67. The molecule has 1 aliphatic rings. The van der Waals surface area contributed by atoms with Crippen LogP contribution in [-0.4, -0.2) is 18.1 Å². The second kappa shape index (κ2) is 15.0. The van der Waals surface area contributed by atoms with Gasteiger partial charge in [0.1, 0.15) is 0 Å². The van der Waals surface area contributed by atoms with Gasteiger partial charge in [-0.15, -0.1) is 0 Å². The number of aliphatic imine (C=N–C) groups is 3. The Balaban J connectivity index is 1.01. The van der Waals surface area contributed by atoms with Crippen LogP contribution in [0.3, 0.4) is 0 Å². The van der Waals surface area contributed by atoms with Crippen molar-refractivity contribution in [3.8, 4) is 0 Å². The van der Waals surface area contributed by atoms with Gasteiger partial charge in [0, 0.05) is 12.6 Å². The first-order valence-electron chi connectivity index (χ1n) is 15.7. The summed E-state index contributed by atoms with van der Waals surface area (Å²) in [4.78, 5) is 14.2. The molecule has 0 amide bonds. The van der Waals surface area contributed by atoms with Crippen LogP contribution in [0, 0.1) is 0 Å². The van der Waals surface area contributed by atoms with E-state index in [4.69, 9.17) is 15.0 Å². The molecule has 0 spiro atoms. The smallest absolute Gasteiger partial charge is 0.0780 e. The van der Waals surface area contributed by atoms with Crippen LogP contribution < -0.4 is 31.8 Å². The first kappa shape index (κ1) is 30.6. The molecule has 0 unspecified atom stereocenters. The molecule has 0 bridgehead atoms. The number of hydrogen-bond donors (Lipinski definition) is 0. The van der Waals surface area contributed by atoms with Crippen LogP contribution in [0.4, 0.5) is 11.4 Å². The van der Waals surface area contributed by atoms with Crippen molar-refractivity contribution in [1.82, 2.24) is 0 Å². The first-order valence-corrected chi connectivity index (χ1v) is 18.3. The van der Waals surface area contributed by atoms with E-state index in [1.165, 1.54) is 31.8 Å². The zero-order valence-electron chi connectivity index (χ0n) is 25.8. The molecular weight excluding hydrogens is 608 g/mol. The minimum absolute atomic E-state index is 0.630. The third-order valence-electron chi connectivity index (χ3n) is 7.77. The van der Waals surface area contributed by atoms with E-state index in [2.05, 4.69) is 176 Å². The summed E-state index contributed by atoms with van der Waals surface area (Å²) in [7, 11) is -1.26. The van der Waals surface area contributed by atoms with Gasteiger partial charge < -0.3 is 0 Å². The molecule has 7 rings (SSSR count). The largest absolute Gasteiger partial charge is 0.255 e. The lowest BCUT2D eigenvalue weighted by atomic mass is 10.3. The summed E-state index contributed by atoms with van der Waals surface area (Å²) in [6.07, 6.45) is 6.55. The molecule has 5 heteroatoms. The molecule has 0 fully saturated rings. The van der Waals surface area contributed by atoms with E-state index in [0.717, 1.165) is 29.2 Å². The maximum atomic E-state index is 4.75. The topological polar surface area (TPSA) is 37.1 Å². The molecule has 6 aromatic rings. The van der Waals surface area contributed by atoms with Crippen molar-refractivity contribution in [3.05, 3.63) is 182 Å². The maximum absolute atomic E-state index is 4.75. The molecule has 1 heterocycles. The number of nitrogens with zero attached hydrogens (tertiary/aromatic N) is 3. The Labute approximate surface area is 279 Å². The molecular formula is C42H33N3P2. The molecule has 3 nitrogen and oxygen atoms in total. The number of hydrogen-bond acceptors (Lipinski definition) is 3. The normalized spacial score (nSPS) is 13.1. The summed E-state index contributed by atoms with van der Waals surface area (Å²) in [6.45, 7) is 0. The fraction of sp³-hybridized carbons (Fsp3) is 0.0238. The van der Waals surface area contributed by atoms with E-state index in [9.17, 15) is 0 Å². The summed E-state index contributed by atoms with van der Waals surface area (Å²) in [5.41, 5.74) is 3.62. The Morgan fingerprint density at radius 3 is 1.13 bits per heavy atom. The van der Waals surface area contributed by atoms with Crippen molar-refractivity contribution in [2.45, 2.75) is 6.42 Å². The van der Waals surface area contributed by atoms with E-state index in [-0.39, 0.29) is 0 Å². The predicted molar refractivity (Wildman–Crippen MR) is 207 cm³/mol. The summed E-state index contributed by atoms with van der Waals surface area (Å²) in [5, 5.41) is 7.96. The Bertz CT molecular complexity index is 1940. The average molecular weight is 642 g/mol. The van der Waals surface area contributed by atoms with Crippen molar-refractivity contribution in [2.75, 3.05) is 0 Å². The summed E-state index contributed by atoms with van der Waals surface area (Å²) >= 11 is 0. The molecule has 6 aromatic carbocycles. The van der Waals surface area contributed by atoms with Crippen molar-refractivity contribution in [3.63, 3.8) is 0 Å². The summed E-state index contributed by atoms with van der Waals surface area (Å²) in [5.74, 6) is 0. The lowest BCUT2D eigenvalue weighted by Gasteiger charge is -2.19. The third-order valence-corrected chi connectivity index (χ3v) is 12.7. The molecule has 0 saturated heterocycles. The highest BCUT2D eigenvalue weighted by atomic mass is 31.1. The van der Waals surface area contributed by atoms with Crippen LogP contribution in [0.5, 0.6) is 0 Å². The van der Waals surface area contributed by atoms with Crippen LogP contribution in [0.2, 0.25) is 0 Å². The molecule has 0 atom stereocenters. The second-order valence-corrected chi connectivity index (χ2v) is 15.4. The van der Waals surface area contributed by atoms with E-state index in [1.807, 2.05) is 12.4 Å². The van der Waals surface area contributed by atoms with E-state index < -0.39 is 15.8 Å². The van der Waals surface area contributed by atoms with Crippen molar-refractivity contribution in [1.29, 1.82) is 0 Å². The van der Waals surface area contributed by atoms with E-state index in [0.29, 0.717) is 0 Å². The lowest BCUT2D eigenvalue weighted by molar-refractivity contribution is 1.48. The highest BCUT2D eigenvalue weighted by Crippen LogP contribution is 2.34. The van der Waals surface area contributed by atoms with Crippen molar-refractivity contribution in [2.24, 2.45) is 15.0 Å². The zero-order chi connectivity index (χ0) is 31.7. The second-order valence-electron chi connectivity index (χ2n) is 11.0. The van der Waals surface area contributed by atoms with Crippen LogP contribution in [0.1, 0.15) is 6.42 Å². The lowest BCUT2D eigenvalue weighted by Crippen LogP contribution is -2.20. The van der Waals surface area contributed by atoms with Gasteiger partial charge in [-0.2, -0.15) is 0 Å². The zero-order valence-corrected chi connectivity index (χ0v) is 27.6. The molecule has 0 saturated carbocycles. The maximum Gasteiger partial charge on any atom is 0.0780 e. The molecule has 226 valence electrons. The monoisotopic (exact) mass is 641 g/mol. The Kier molecular flexibility index (Phi) is 9.77. The fourth-order valence-corrected chi connectivity index (χ4v) is 10.1. The van der Waals surface area contributed by atoms with Gasteiger partial charge in [0.25, 0.3) is 0 Å². The van der Waals surface area contributed by atoms with Gasteiger partial charge in [0.15, 0.2) is 0 Å². The highest BCUT2D eigenvalue weighted by molar-refractivity contribution is 7.80. The number of rotatable bonds is 10. The molecule has 0 N–H and O–H groups in total. The van der Waals surface area contributed by atoms with Gasteiger partial charge in [0.05, 0.1) is 29.0 Å². The molecule has 1 aliphatic heterocycles. The minimum atomic E-state index is -0.632. The van der Waals surface area contributed by atoms with Crippen molar-refractivity contribution < 1.29 is 0 Å². The van der Waals surface area contributed by atoms with Crippen LogP contribution in [0.25, 0.3) is 0 Å². The van der Waals surface area contributed by atoms with Crippen LogP contribution in [-0.2, 0) is 0 Å². The van der Waals surface area contributed by atoms with Crippen LogP contribution in [0.15, 0.2) is 197 Å². The first-order chi connectivity index (χ1) is 23.3. The highest BCUT2D eigenvalue weighted by Gasteiger charge is 2.17. The van der Waals surface area contributed by atoms with Crippen molar-refractivity contribution >= 4 is 77.2 Å². The Morgan fingerprint density at radius 1 is 0.404 bits per heavy atom. The van der Waals surface area contributed by atoms with Gasteiger partial charge in [-0.3, -0.25) is 15.0 Å². The molecule has 0 aliphatic carbocycles. The van der Waals surface area contributed by atoms with Gasteiger partial charge in [-0.25, -0.2) is 0 Å². The number of benzene rings is 6. The predicted octanol–water partition coefficient (Wildman–Crippen LogP) is 8.04. The Hall–Kier alpha value is -5.07. The summed E-state index contributed by atoms with van der Waals surface area (Å²) < 4.78 is 0. The Morgan fingerprint density at radius 2 is 0.745 bits per heavy atom. The standard InChI is InChI=1S/C42H33N3P2/c1-5-13-37(14-6-1)46(38-15-7-2-8-16-38)41-27-23-33(24-28-41)43-31-35-21-22-36(45-35)32-44-34-25-29-42(30-26-34)47(39-17-9-3-10-18-39)40-19-11-4-12-20-40/h1-21,23-32H,22H2. The van der Waals surface area contributed by atoms with Crippen LogP contribution >= 0.6 is 15.8 Å². The quantitative estimate of drug-likeness (QED) is 0.107. The minimum Gasteiger partial charge on any atom is -0.255 e. The van der Waals surface area contributed by atoms with Gasteiger partial charge >= 0.3 is 0 Å². The average Bonchev–Trinajstić information content (AvgIpc) is 3.61. The van der Waals surface area contributed by atoms with E-state index in [1.54, 1.807) is 0 Å². The number of allylic oxidation sites excluding steroid dienone is 2. The SMILES string of the molecule is C(=Nc1ccc(P(c2ccccc2)c2ccccc2)cc1)C1=CCC(C=Nc2ccc(P(c3ccccc3)c3ccccc3)cc2)=N1. The van der Waals surface area contributed by atoms with Gasteiger partial charge in [-0.1, -0.05) is 152 Å². The van der Waals surface area contributed by atoms with Gasteiger partial charge in [-0.05, 0) is 71.9 Å².